The van der Waals surface area contributed by atoms with Gasteiger partial charge in [0.15, 0.2) is 0 Å². The molecule has 2 unspecified atom stereocenters. The first-order valence-corrected chi connectivity index (χ1v) is 7.10. The number of carbonyl (C=O) groups excluding carboxylic acids is 2. The summed E-state index contributed by atoms with van der Waals surface area (Å²) in [6, 6.07) is -0.654. The van der Waals surface area contributed by atoms with Crippen LogP contribution in [0.5, 0.6) is 0 Å². The molecule has 0 radical (unpaired) electrons. The SMILES string of the molecule is CCC1C(=O)NCCN1C(=O)N1CCCC(C(=O)O)C1. The van der Waals surface area contributed by atoms with Crippen LogP contribution in [0.15, 0.2) is 0 Å². The molecule has 2 N–H and O–H groups in total. The maximum absolute atomic E-state index is 12.5. The number of carbonyl (C=O) groups is 3. The molecule has 0 aromatic carbocycles. The van der Waals surface area contributed by atoms with Crippen LogP contribution in [-0.4, -0.2) is 65.0 Å². The average molecular weight is 283 g/mol. The third kappa shape index (κ3) is 2.86. The summed E-state index contributed by atoms with van der Waals surface area (Å²) in [7, 11) is 0. The molecule has 2 saturated heterocycles. The van der Waals surface area contributed by atoms with Crippen molar-refractivity contribution in [1.82, 2.24) is 15.1 Å². The number of hydrogen-bond donors (Lipinski definition) is 2. The van der Waals surface area contributed by atoms with Gasteiger partial charge in [0, 0.05) is 26.2 Å². The highest BCUT2D eigenvalue weighted by Crippen LogP contribution is 2.20. The first-order chi connectivity index (χ1) is 9.54. The van der Waals surface area contributed by atoms with E-state index in [9.17, 15) is 14.4 Å². The second-order valence-corrected chi connectivity index (χ2v) is 5.31. The number of aliphatic carboxylic acids is 1. The third-order valence-corrected chi connectivity index (χ3v) is 4.00. The molecule has 3 amide bonds. The number of carboxylic acid groups (broad SMARTS) is 1. The molecule has 20 heavy (non-hydrogen) atoms. The van der Waals surface area contributed by atoms with Gasteiger partial charge in [0.1, 0.15) is 6.04 Å². The van der Waals surface area contributed by atoms with E-state index in [0.29, 0.717) is 38.9 Å². The molecular weight excluding hydrogens is 262 g/mol. The molecule has 7 heteroatoms. The highest BCUT2D eigenvalue weighted by Gasteiger charge is 2.36. The normalized spacial score (nSPS) is 27.1. The quantitative estimate of drug-likeness (QED) is 0.753. The zero-order valence-corrected chi connectivity index (χ0v) is 11.7. The van der Waals surface area contributed by atoms with Crippen LogP contribution in [-0.2, 0) is 9.59 Å². The number of rotatable bonds is 2. The lowest BCUT2D eigenvalue weighted by atomic mass is 9.98. The average Bonchev–Trinajstić information content (AvgIpc) is 2.46. The molecule has 112 valence electrons. The number of hydrogen-bond acceptors (Lipinski definition) is 3. The van der Waals surface area contributed by atoms with Crippen molar-refractivity contribution in [2.45, 2.75) is 32.2 Å². The zero-order chi connectivity index (χ0) is 14.7. The van der Waals surface area contributed by atoms with Gasteiger partial charge >= 0.3 is 12.0 Å². The van der Waals surface area contributed by atoms with E-state index in [2.05, 4.69) is 5.32 Å². The molecular formula is C13H21N3O4. The summed E-state index contributed by atoms with van der Waals surface area (Å²) in [4.78, 5) is 38.5. The van der Waals surface area contributed by atoms with Gasteiger partial charge in [-0.05, 0) is 19.3 Å². The molecule has 0 spiro atoms. The van der Waals surface area contributed by atoms with Crippen LogP contribution >= 0.6 is 0 Å². The Morgan fingerprint density at radius 3 is 2.80 bits per heavy atom. The number of piperidine rings is 1. The summed E-state index contributed by atoms with van der Waals surface area (Å²) in [5.41, 5.74) is 0. The fourth-order valence-corrected chi connectivity index (χ4v) is 2.88. The molecule has 7 nitrogen and oxygen atoms in total. The highest BCUT2D eigenvalue weighted by atomic mass is 16.4. The van der Waals surface area contributed by atoms with E-state index in [1.807, 2.05) is 6.92 Å². The van der Waals surface area contributed by atoms with Crippen LogP contribution in [0.25, 0.3) is 0 Å². The third-order valence-electron chi connectivity index (χ3n) is 4.00. The molecule has 2 atom stereocenters. The van der Waals surface area contributed by atoms with Crippen LogP contribution < -0.4 is 5.32 Å². The maximum Gasteiger partial charge on any atom is 0.320 e. The minimum atomic E-state index is -0.856. The van der Waals surface area contributed by atoms with Crippen molar-refractivity contribution in [2.24, 2.45) is 5.92 Å². The number of amides is 3. The monoisotopic (exact) mass is 283 g/mol. The van der Waals surface area contributed by atoms with Crippen molar-refractivity contribution in [3.63, 3.8) is 0 Å². The number of nitrogens with zero attached hydrogens (tertiary/aromatic N) is 2. The van der Waals surface area contributed by atoms with Crippen LogP contribution in [0.3, 0.4) is 0 Å². The van der Waals surface area contributed by atoms with Gasteiger partial charge in [0.2, 0.25) is 5.91 Å². The second kappa shape index (κ2) is 6.11. The summed E-state index contributed by atoms with van der Waals surface area (Å²) < 4.78 is 0. The fraction of sp³-hybridized carbons (Fsp3) is 0.769. The summed E-state index contributed by atoms with van der Waals surface area (Å²) in [5, 5.41) is 11.8. The van der Waals surface area contributed by atoms with E-state index in [-0.39, 0.29) is 18.5 Å². The van der Waals surface area contributed by atoms with Crippen LogP contribution in [0.1, 0.15) is 26.2 Å². The first kappa shape index (κ1) is 14.6. The van der Waals surface area contributed by atoms with Gasteiger partial charge < -0.3 is 20.2 Å². The summed E-state index contributed by atoms with van der Waals surface area (Å²) in [6.45, 7) is 3.61. The number of nitrogens with one attached hydrogen (secondary N) is 1. The number of carboxylic acids is 1. The van der Waals surface area contributed by atoms with Crippen molar-refractivity contribution in [3.05, 3.63) is 0 Å². The van der Waals surface area contributed by atoms with Crippen molar-refractivity contribution in [2.75, 3.05) is 26.2 Å². The van der Waals surface area contributed by atoms with Gasteiger partial charge in [-0.1, -0.05) is 6.92 Å². The Balaban J connectivity index is 2.05. The second-order valence-electron chi connectivity index (χ2n) is 5.31. The Labute approximate surface area is 117 Å². The fourth-order valence-electron chi connectivity index (χ4n) is 2.88. The number of piperazine rings is 1. The molecule has 0 aromatic rings. The maximum atomic E-state index is 12.5. The predicted octanol–water partition coefficient (Wildman–Crippen LogP) is 0.113. The minimum Gasteiger partial charge on any atom is -0.481 e. The predicted molar refractivity (Wildman–Crippen MR) is 71.1 cm³/mol. The largest absolute Gasteiger partial charge is 0.481 e. The molecule has 0 aromatic heterocycles. The van der Waals surface area contributed by atoms with Crippen molar-refractivity contribution < 1.29 is 19.5 Å². The molecule has 0 bridgehead atoms. The van der Waals surface area contributed by atoms with Gasteiger partial charge in [0.05, 0.1) is 5.92 Å². The lowest BCUT2D eigenvalue weighted by Gasteiger charge is -2.40. The Morgan fingerprint density at radius 2 is 2.15 bits per heavy atom. The molecule has 2 aliphatic rings. The van der Waals surface area contributed by atoms with E-state index >= 15 is 0 Å². The zero-order valence-electron chi connectivity index (χ0n) is 11.7. The van der Waals surface area contributed by atoms with Crippen molar-refractivity contribution in [3.8, 4) is 0 Å². The molecule has 2 heterocycles. The molecule has 2 rings (SSSR count). The van der Waals surface area contributed by atoms with E-state index in [0.717, 1.165) is 0 Å². The number of likely N-dealkylation sites (tertiary alicyclic amines) is 1. The summed E-state index contributed by atoms with van der Waals surface area (Å²) >= 11 is 0. The van der Waals surface area contributed by atoms with Gasteiger partial charge in [-0.2, -0.15) is 0 Å². The lowest BCUT2D eigenvalue weighted by molar-refractivity contribution is -0.143. The van der Waals surface area contributed by atoms with E-state index in [1.165, 1.54) is 0 Å². The summed E-state index contributed by atoms with van der Waals surface area (Å²) in [5.74, 6) is -1.48. The Morgan fingerprint density at radius 1 is 1.40 bits per heavy atom. The first-order valence-electron chi connectivity index (χ1n) is 7.10. The highest BCUT2D eigenvalue weighted by molar-refractivity contribution is 5.88. The molecule has 0 aliphatic carbocycles. The topological polar surface area (TPSA) is 90.0 Å². The van der Waals surface area contributed by atoms with Crippen LogP contribution in [0.4, 0.5) is 4.79 Å². The minimum absolute atomic E-state index is 0.126. The van der Waals surface area contributed by atoms with E-state index < -0.39 is 17.9 Å². The van der Waals surface area contributed by atoms with Gasteiger partial charge in [-0.3, -0.25) is 9.59 Å². The van der Waals surface area contributed by atoms with E-state index in [1.54, 1.807) is 9.80 Å². The molecule has 2 fully saturated rings. The van der Waals surface area contributed by atoms with Crippen LogP contribution in [0.2, 0.25) is 0 Å². The Kier molecular flexibility index (Phi) is 4.46. The van der Waals surface area contributed by atoms with E-state index in [4.69, 9.17) is 5.11 Å². The van der Waals surface area contributed by atoms with Gasteiger partial charge in [-0.15, -0.1) is 0 Å². The van der Waals surface area contributed by atoms with Gasteiger partial charge in [0.25, 0.3) is 0 Å². The smallest absolute Gasteiger partial charge is 0.320 e. The van der Waals surface area contributed by atoms with Crippen molar-refractivity contribution in [1.29, 1.82) is 0 Å². The lowest BCUT2D eigenvalue weighted by Crippen LogP contribution is -2.60. The summed E-state index contributed by atoms with van der Waals surface area (Å²) in [6.07, 6.45) is 1.87. The van der Waals surface area contributed by atoms with Crippen LogP contribution in [0, 0.1) is 5.92 Å². The molecule has 0 saturated carbocycles. The Bertz CT molecular complexity index is 412. The molecule has 2 aliphatic heterocycles. The Hall–Kier alpha value is -1.79. The number of urea groups is 1. The van der Waals surface area contributed by atoms with Crippen molar-refractivity contribution >= 4 is 17.9 Å². The standard InChI is InChI=1S/C13H21N3O4/c1-2-10-11(17)14-5-7-16(10)13(20)15-6-3-4-9(8-15)12(18)19/h9-10H,2-8H2,1H3,(H,14,17)(H,18,19). The van der Waals surface area contributed by atoms with Gasteiger partial charge in [-0.25, -0.2) is 4.79 Å².